The second-order valence-corrected chi connectivity index (χ2v) is 6.49. The number of nitrogens with zero attached hydrogens (tertiary/aromatic N) is 4. The quantitative estimate of drug-likeness (QED) is 0.905. The van der Waals surface area contributed by atoms with Crippen molar-refractivity contribution in [2.75, 3.05) is 6.54 Å². The van der Waals surface area contributed by atoms with E-state index < -0.39 is 5.54 Å². The number of hydrogen-bond acceptors (Lipinski definition) is 5. The Morgan fingerprint density at radius 1 is 1.29 bits per heavy atom. The minimum atomic E-state index is -0.639. The van der Waals surface area contributed by atoms with Gasteiger partial charge in [0.25, 0.3) is 11.5 Å². The van der Waals surface area contributed by atoms with E-state index >= 15 is 0 Å². The van der Waals surface area contributed by atoms with Crippen LogP contribution in [0.3, 0.4) is 0 Å². The normalized spacial score (nSPS) is 20.4. The van der Waals surface area contributed by atoms with Crippen molar-refractivity contribution in [3.05, 3.63) is 51.2 Å². The molecule has 1 saturated heterocycles. The van der Waals surface area contributed by atoms with Gasteiger partial charge < -0.3 is 9.88 Å². The van der Waals surface area contributed by atoms with Gasteiger partial charge in [0.15, 0.2) is 0 Å². The summed E-state index contributed by atoms with van der Waals surface area (Å²) >= 11 is 0. The van der Waals surface area contributed by atoms with Gasteiger partial charge in [0.2, 0.25) is 0 Å². The van der Waals surface area contributed by atoms with Gasteiger partial charge in [-0.1, -0.05) is 0 Å². The molecular formula is C17H21N5O2. The zero-order valence-electron chi connectivity index (χ0n) is 14.4. The van der Waals surface area contributed by atoms with E-state index in [4.69, 9.17) is 0 Å². The monoisotopic (exact) mass is 327 g/mol. The third-order valence-electron chi connectivity index (χ3n) is 4.60. The fourth-order valence-corrected chi connectivity index (χ4v) is 3.31. The Labute approximate surface area is 140 Å². The van der Waals surface area contributed by atoms with Crippen molar-refractivity contribution in [3.63, 3.8) is 0 Å². The number of aromatic amines is 1. The fraction of sp³-hybridized carbons (Fsp3) is 0.471. The number of nitrogens with one attached hydrogen (secondary N) is 1. The van der Waals surface area contributed by atoms with Gasteiger partial charge in [-0.25, -0.2) is 15.0 Å². The smallest absolute Gasteiger partial charge is 0.258 e. The Kier molecular flexibility index (Phi) is 3.95. The molecule has 2 aromatic rings. The van der Waals surface area contributed by atoms with Crippen LogP contribution in [0.25, 0.3) is 0 Å². The van der Waals surface area contributed by atoms with Crippen molar-refractivity contribution in [1.82, 2.24) is 24.8 Å². The Bertz CT molecular complexity index is 860. The molecule has 0 spiro atoms. The van der Waals surface area contributed by atoms with E-state index in [0.29, 0.717) is 35.1 Å². The summed E-state index contributed by atoms with van der Waals surface area (Å²) in [6, 6.07) is 1.45. The molecule has 0 aliphatic carbocycles. The molecule has 7 heteroatoms. The number of H-pyrrole nitrogens is 1. The topological polar surface area (TPSA) is 91.8 Å². The summed E-state index contributed by atoms with van der Waals surface area (Å²) in [6.45, 7) is 7.94. The van der Waals surface area contributed by atoms with E-state index in [1.807, 2.05) is 13.8 Å². The van der Waals surface area contributed by atoms with E-state index in [0.717, 1.165) is 12.8 Å². The van der Waals surface area contributed by atoms with Gasteiger partial charge in [0.05, 0.1) is 16.8 Å². The molecule has 1 aliphatic heterocycles. The molecule has 3 heterocycles. The van der Waals surface area contributed by atoms with Crippen molar-refractivity contribution in [3.8, 4) is 0 Å². The molecule has 0 bridgehead atoms. The highest BCUT2D eigenvalue weighted by atomic mass is 16.2. The maximum Gasteiger partial charge on any atom is 0.258 e. The maximum absolute atomic E-state index is 13.1. The zero-order valence-corrected chi connectivity index (χ0v) is 14.4. The standard InChI is InChI=1S/C17H21N5O2/c1-10-8-14(23)21-16(19-10)17(4)6-5-7-22(17)15(24)13-9-18-12(3)20-11(13)2/h8-9H,5-7H2,1-4H3,(H,19,21,23)/t17-/m1/s1. The highest BCUT2D eigenvalue weighted by Gasteiger charge is 2.43. The van der Waals surface area contributed by atoms with Crippen molar-refractivity contribution < 1.29 is 4.79 Å². The van der Waals surface area contributed by atoms with E-state index in [9.17, 15) is 9.59 Å². The van der Waals surface area contributed by atoms with Gasteiger partial charge in [-0.2, -0.15) is 0 Å². The Morgan fingerprint density at radius 2 is 2.04 bits per heavy atom. The Balaban J connectivity index is 2.03. The zero-order chi connectivity index (χ0) is 17.5. The van der Waals surface area contributed by atoms with Crippen LogP contribution in [0, 0.1) is 20.8 Å². The highest BCUT2D eigenvalue weighted by molar-refractivity contribution is 5.95. The molecule has 7 nitrogen and oxygen atoms in total. The first-order valence-corrected chi connectivity index (χ1v) is 8.02. The summed E-state index contributed by atoms with van der Waals surface area (Å²) < 4.78 is 0. The average molecular weight is 327 g/mol. The third-order valence-corrected chi connectivity index (χ3v) is 4.60. The molecule has 1 aliphatic rings. The van der Waals surface area contributed by atoms with Crippen LogP contribution in [-0.2, 0) is 5.54 Å². The van der Waals surface area contributed by atoms with E-state index in [1.165, 1.54) is 6.07 Å². The summed E-state index contributed by atoms with van der Waals surface area (Å²) in [4.78, 5) is 42.4. The van der Waals surface area contributed by atoms with Crippen LogP contribution in [0.2, 0.25) is 0 Å². The van der Waals surface area contributed by atoms with Gasteiger partial charge >= 0.3 is 0 Å². The second kappa shape index (κ2) is 5.81. The first-order chi connectivity index (χ1) is 11.3. The van der Waals surface area contributed by atoms with Crippen molar-refractivity contribution >= 4 is 5.91 Å². The molecule has 2 aromatic heterocycles. The van der Waals surface area contributed by atoms with Crippen LogP contribution in [0.15, 0.2) is 17.1 Å². The number of rotatable bonds is 2. The SMILES string of the molecule is Cc1cc(=O)[nH]c([C@@]2(C)CCCN2C(=O)c2cnc(C)nc2C)n1. The number of aryl methyl sites for hydroxylation is 3. The molecule has 0 unspecified atom stereocenters. The predicted octanol–water partition coefficient (Wildman–Crippen LogP) is 1.64. The summed E-state index contributed by atoms with van der Waals surface area (Å²) in [5.74, 6) is 1.04. The summed E-state index contributed by atoms with van der Waals surface area (Å²) in [7, 11) is 0. The largest absolute Gasteiger partial charge is 0.326 e. The number of aromatic nitrogens is 4. The summed E-state index contributed by atoms with van der Waals surface area (Å²) in [6.07, 6.45) is 3.17. The molecule has 126 valence electrons. The van der Waals surface area contributed by atoms with E-state index in [1.54, 1.807) is 24.9 Å². The van der Waals surface area contributed by atoms with Crippen LogP contribution in [-0.4, -0.2) is 37.3 Å². The average Bonchev–Trinajstić information content (AvgIpc) is 2.89. The first-order valence-electron chi connectivity index (χ1n) is 8.02. The van der Waals surface area contributed by atoms with Crippen LogP contribution >= 0.6 is 0 Å². The van der Waals surface area contributed by atoms with Crippen molar-refractivity contribution in [2.45, 2.75) is 46.1 Å². The molecular weight excluding hydrogens is 306 g/mol. The molecule has 1 N–H and O–H groups in total. The van der Waals surface area contributed by atoms with Crippen molar-refractivity contribution in [2.24, 2.45) is 0 Å². The van der Waals surface area contributed by atoms with Gasteiger partial charge in [0.1, 0.15) is 11.6 Å². The van der Waals surface area contributed by atoms with Crippen molar-refractivity contribution in [1.29, 1.82) is 0 Å². The summed E-state index contributed by atoms with van der Waals surface area (Å²) in [5.41, 5.74) is 0.952. The number of carbonyl (C=O) groups is 1. The molecule has 0 radical (unpaired) electrons. The summed E-state index contributed by atoms with van der Waals surface area (Å²) in [5, 5.41) is 0. The van der Waals surface area contributed by atoms with Gasteiger partial charge in [0, 0.05) is 24.5 Å². The molecule has 24 heavy (non-hydrogen) atoms. The van der Waals surface area contributed by atoms with E-state index in [-0.39, 0.29) is 11.5 Å². The predicted molar refractivity (Wildman–Crippen MR) is 88.7 cm³/mol. The highest BCUT2D eigenvalue weighted by Crippen LogP contribution is 2.37. The molecule has 1 fully saturated rings. The molecule has 1 atom stereocenters. The maximum atomic E-state index is 13.1. The van der Waals surface area contributed by atoms with E-state index in [2.05, 4.69) is 19.9 Å². The lowest BCUT2D eigenvalue weighted by atomic mass is 9.96. The molecule has 3 rings (SSSR count). The number of likely N-dealkylation sites (tertiary alicyclic amines) is 1. The van der Waals surface area contributed by atoms with Crippen LogP contribution in [0.5, 0.6) is 0 Å². The van der Waals surface area contributed by atoms with Gasteiger partial charge in [-0.3, -0.25) is 9.59 Å². The lowest BCUT2D eigenvalue weighted by Gasteiger charge is -2.34. The lowest BCUT2D eigenvalue weighted by Crippen LogP contribution is -2.45. The number of carbonyl (C=O) groups excluding carboxylic acids is 1. The van der Waals surface area contributed by atoms with Gasteiger partial charge in [-0.15, -0.1) is 0 Å². The Hall–Kier alpha value is -2.57. The molecule has 0 saturated carbocycles. The van der Waals surface area contributed by atoms with Crippen LogP contribution in [0.4, 0.5) is 0 Å². The van der Waals surface area contributed by atoms with Crippen LogP contribution in [0.1, 0.15) is 53.2 Å². The second-order valence-electron chi connectivity index (χ2n) is 6.49. The minimum Gasteiger partial charge on any atom is -0.326 e. The molecule has 1 amide bonds. The number of amides is 1. The van der Waals surface area contributed by atoms with Crippen LogP contribution < -0.4 is 5.56 Å². The Morgan fingerprint density at radius 3 is 2.71 bits per heavy atom. The number of hydrogen-bond donors (Lipinski definition) is 1. The first kappa shape index (κ1) is 16.3. The lowest BCUT2D eigenvalue weighted by molar-refractivity contribution is 0.0601. The molecule has 0 aromatic carbocycles. The minimum absolute atomic E-state index is 0.128. The fourth-order valence-electron chi connectivity index (χ4n) is 3.31. The van der Waals surface area contributed by atoms with Gasteiger partial charge in [-0.05, 0) is 40.5 Å². The third kappa shape index (κ3) is 2.70.